The highest BCUT2D eigenvalue weighted by molar-refractivity contribution is 5.98. The van der Waals surface area contributed by atoms with Gasteiger partial charge in [-0.25, -0.2) is 9.79 Å². The Morgan fingerprint density at radius 2 is 1.64 bits per heavy atom. The minimum absolute atomic E-state index is 0.0155. The topological polar surface area (TPSA) is 167 Å². The van der Waals surface area contributed by atoms with Gasteiger partial charge in [-0.2, -0.15) is 0 Å². The van der Waals surface area contributed by atoms with E-state index < -0.39 is 72.0 Å². The van der Waals surface area contributed by atoms with Gasteiger partial charge < -0.3 is 39.3 Å². The van der Waals surface area contributed by atoms with Gasteiger partial charge in [0.1, 0.15) is 48.7 Å². The van der Waals surface area contributed by atoms with Gasteiger partial charge >= 0.3 is 5.97 Å². The quantitative estimate of drug-likeness (QED) is 0.401. The lowest BCUT2D eigenvalue weighted by molar-refractivity contribution is -0.163. The Morgan fingerprint density at radius 3 is 2.26 bits per heavy atom. The van der Waals surface area contributed by atoms with E-state index in [1.807, 2.05) is 53.7 Å². The lowest BCUT2D eigenvalue weighted by Gasteiger charge is -2.38. The molecule has 58 heavy (non-hydrogen) atoms. The molecule has 4 amide bonds. The van der Waals surface area contributed by atoms with E-state index in [4.69, 9.17) is 14.2 Å². The van der Waals surface area contributed by atoms with Gasteiger partial charge in [0, 0.05) is 32.6 Å². The van der Waals surface area contributed by atoms with Crippen molar-refractivity contribution < 1.29 is 43.3 Å². The number of aliphatic imine (C=N–C) groups is 1. The van der Waals surface area contributed by atoms with Crippen LogP contribution in [-0.4, -0.2) is 132 Å². The number of nitrogens with one attached hydrogen (secondary N) is 1. The van der Waals surface area contributed by atoms with Gasteiger partial charge in [0.2, 0.25) is 23.6 Å². The van der Waals surface area contributed by atoms with Crippen LogP contribution in [0.25, 0.3) is 0 Å². The number of methoxy groups -OCH3 is 1. The zero-order chi connectivity index (χ0) is 43.0. The van der Waals surface area contributed by atoms with Crippen LogP contribution in [0.15, 0.2) is 40.9 Å². The van der Waals surface area contributed by atoms with E-state index in [1.165, 1.54) is 16.8 Å². The summed E-state index contributed by atoms with van der Waals surface area (Å²) in [4.78, 5) is 79.8. The second kappa shape index (κ2) is 20.5. The van der Waals surface area contributed by atoms with Gasteiger partial charge in [-0.15, -0.1) is 0 Å². The SMILES string of the molecule is CC[C@H](C)[C@H]1C(=O)N2CCC[C@H]2C(=O)O[C@H](C(C)C)C[C@@H](C)C[C@H](O)[C@H](C)C2=N[C@@H](/C=C(\C)C(=O)N[C@@H](Cc3ccc(OC)cc3)C(=O)N(C)[C@@H](C)C(=O)N1C)CO2. The van der Waals surface area contributed by atoms with E-state index >= 15 is 0 Å². The molecule has 2 N–H and O–H groups in total. The maximum atomic E-state index is 14.5. The number of benzene rings is 1. The molecule has 3 aliphatic heterocycles. The number of ether oxygens (including phenoxy) is 3. The van der Waals surface area contributed by atoms with Gasteiger partial charge in [-0.3, -0.25) is 19.2 Å². The summed E-state index contributed by atoms with van der Waals surface area (Å²) in [5.74, 6) is -1.94. The van der Waals surface area contributed by atoms with Crippen LogP contribution < -0.4 is 10.1 Å². The summed E-state index contributed by atoms with van der Waals surface area (Å²) < 4.78 is 17.4. The zero-order valence-corrected chi connectivity index (χ0v) is 36.4. The van der Waals surface area contributed by atoms with Crippen molar-refractivity contribution in [1.29, 1.82) is 0 Å². The Bertz CT molecular complexity index is 1680. The third-order valence-corrected chi connectivity index (χ3v) is 12.2. The summed E-state index contributed by atoms with van der Waals surface area (Å²) in [6.07, 6.45) is 3.14. The number of esters is 1. The molecule has 3 aliphatic rings. The van der Waals surface area contributed by atoms with Crippen molar-refractivity contribution in [3.63, 3.8) is 0 Å². The number of hydrogen-bond donors (Lipinski definition) is 2. The minimum Gasteiger partial charge on any atom is -0.497 e. The smallest absolute Gasteiger partial charge is 0.329 e. The monoisotopic (exact) mass is 809 g/mol. The highest BCUT2D eigenvalue weighted by Crippen LogP contribution is 2.29. The first kappa shape index (κ1) is 46.2. The van der Waals surface area contributed by atoms with Crippen LogP contribution in [0.2, 0.25) is 0 Å². The number of hydrogen-bond acceptors (Lipinski definition) is 10. The molecule has 0 saturated carbocycles. The van der Waals surface area contributed by atoms with Crippen molar-refractivity contribution in [3.05, 3.63) is 41.5 Å². The average Bonchev–Trinajstić information content (AvgIpc) is 3.89. The highest BCUT2D eigenvalue weighted by Gasteiger charge is 2.44. The Labute approximate surface area is 344 Å². The fraction of sp³-hybridized carbons (Fsp3) is 0.682. The van der Waals surface area contributed by atoms with Crippen LogP contribution in [0.3, 0.4) is 0 Å². The maximum absolute atomic E-state index is 14.5. The minimum atomic E-state index is -1.06. The first-order valence-corrected chi connectivity index (χ1v) is 20.9. The fourth-order valence-corrected chi connectivity index (χ4v) is 8.03. The number of carbonyl (C=O) groups is 5. The normalized spacial score (nSPS) is 31.6. The number of rotatable bonds is 6. The third kappa shape index (κ3) is 11.2. The molecule has 0 aromatic heterocycles. The molecule has 1 fully saturated rings. The summed E-state index contributed by atoms with van der Waals surface area (Å²) in [5.41, 5.74) is 1.09. The fourth-order valence-electron chi connectivity index (χ4n) is 8.03. The number of aliphatic hydroxyl groups excluding tert-OH is 1. The van der Waals surface area contributed by atoms with E-state index in [1.54, 1.807) is 51.1 Å². The summed E-state index contributed by atoms with van der Waals surface area (Å²) in [6.45, 7) is 15.5. The van der Waals surface area contributed by atoms with E-state index in [0.717, 1.165) is 5.56 Å². The van der Waals surface area contributed by atoms with E-state index in [2.05, 4.69) is 10.3 Å². The third-order valence-electron chi connectivity index (χ3n) is 12.2. The van der Waals surface area contributed by atoms with E-state index in [9.17, 15) is 29.1 Å². The van der Waals surface area contributed by atoms with Crippen LogP contribution >= 0.6 is 0 Å². The molecule has 3 heterocycles. The molecule has 2 bridgehead atoms. The predicted molar refractivity (Wildman–Crippen MR) is 221 cm³/mol. The lowest BCUT2D eigenvalue weighted by atomic mass is 9.88. The molecule has 0 radical (unpaired) electrons. The number of carbonyl (C=O) groups excluding carboxylic acids is 5. The van der Waals surface area contributed by atoms with Gasteiger partial charge in [-0.1, -0.05) is 60.1 Å². The van der Waals surface area contributed by atoms with Crippen molar-refractivity contribution in [2.24, 2.45) is 28.7 Å². The summed E-state index contributed by atoms with van der Waals surface area (Å²) >= 11 is 0. The van der Waals surface area contributed by atoms with Crippen molar-refractivity contribution in [3.8, 4) is 5.75 Å². The first-order valence-electron chi connectivity index (χ1n) is 20.9. The number of cyclic esters (lactones) is 1. The molecule has 4 rings (SSSR count). The molecule has 322 valence electrons. The molecule has 14 nitrogen and oxygen atoms in total. The Hall–Kier alpha value is -4.46. The molecule has 1 aromatic rings. The van der Waals surface area contributed by atoms with Crippen LogP contribution in [0.1, 0.15) is 93.1 Å². The number of nitrogens with zero attached hydrogens (tertiary/aromatic N) is 4. The zero-order valence-electron chi connectivity index (χ0n) is 36.4. The standard InChI is InChI=1S/C44H67N5O9/c1-12-27(5)38-43(54)49-19-13-14-35(49)44(55)58-37(25(2)3)21-26(4)20-36(50)29(7)40-45-32(24-57-40)22-28(6)39(51)46-34(23-31-15-17-33(56-11)18-16-31)42(53)47(9)30(8)41(52)48(38)10/h15-18,22,25-27,29-30,32,34-38,50H,12-14,19-21,23-24H2,1-11H3,(H,46,51)/b28-22+/t26-,27-,29-,30-,32-,34-,35-,36-,37-,38-/m0/s1. The molecular formula is C44H67N5O9. The van der Waals surface area contributed by atoms with Crippen molar-refractivity contribution in [2.45, 2.75) is 136 Å². The molecule has 0 spiro atoms. The van der Waals surface area contributed by atoms with Gasteiger partial charge in [0.15, 0.2) is 5.90 Å². The van der Waals surface area contributed by atoms with Gasteiger partial charge in [0.05, 0.1) is 19.1 Å². The maximum Gasteiger partial charge on any atom is 0.329 e. The second-order valence-corrected chi connectivity index (χ2v) is 17.0. The van der Waals surface area contributed by atoms with Gasteiger partial charge in [-0.05, 0) is 81.1 Å². The van der Waals surface area contributed by atoms with Crippen molar-refractivity contribution >= 4 is 35.5 Å². The molecular weight excluding hydrogens is 743 g/mol. The number of amides is 4. The Kier molecular flexibility index (Phi) is 16.3. The molecule has 10 atom stereocenters. The molecule has 1 saturated heterocycles. The lowest BCUT2D eigenvalue weighted by Crippen LogP contribution is -2.59. The molecule has 0 unspecified atom stereocenters. The van der Waals surface area contributed by atoms with Crippen LogP contribution in [0, 0.1) is 23.7 Å². The Balaban J connectivity index is 1.73. The number of likely N-dealkylation sites (N-methyl/N-ethyl adjacent to an activating group) is 2. The van der Waals surface area contributed by atoms with Gasteiger partial charge in [0.25, 0.3) is 0 Å². The largest absolute Gasteiger partial charge is 0.497 e. The van der Waals surface area contributed by atoms with Crippen molar-refractivity contribution in [2.75, 3.05) is 34.4 Å². The summed E-state index contributed by atoms with van der Waals surface area (Å²) in [5, 5.41) is 14.2. The van der Waals surface area contributed by atoms with E-state index in [-0.39, 0.29) is 36.7 Å². The summed E-state index contributed by atoms with van der Waals surface area (Å²) in [7, 11) is 4.64. The summed E-state index contributed by atoms with van der Waals surface area (Å²) in [6, 6.07) is 2.92. The number of fused-ring (bicyclic) bond motifs is 2. The highest BCUT2D eigenvalue weighted by atomic mass is 16.5. The van der Waals surface area contributed by atoms with Crippen molar-refractivity contribution in [1.82, 2.24) is 20.0 Å². The molecule has 0 aliphatic carbocycles. The average molecular weight is 810 g/mol. The van der Waals surface area contributed by atoms with Crippen LogP contribution in [0.5, 0.6) is 5.75 Å². The van der Waals surface area contributed by atoms with E-state index in [0.29, 0.717) is 55.9 Å². The number of aliphatic hydroxyl groups is 1. The second-order valence-electron chi connectivity index (χ2n) is 17.0. The molecule has 1 aromatic carbocycles. The predicted octanol–water partition coefficient (Wildman–Crippen LogP) is 4.17. The Morgan fingerprint density at radius 1 is 0.966 bits per heavy atom. The van der Waals surface area contributed by atoms with Crippen LogP contribution in [0.4, 0.5) is 0 Å². The molecule has 14 heteroatoms. The first-order chi connectivity index (χ1) is 27.4. The van der Waals surface area contributed by atoms with Crippen LogP contribution in [-0.2, 0) is 39.9 Å².